The van der Waals surface area contributed by atoms with Gasteiger partial charge in [-0.3, -0.25) is 0 Å². The Morgan fingerprint density at radius 1 is 1.19 bits per heavy atom. The molecule has 2 aliphatic rings. The fourth-order valence-corrected chi connectivity index (χ4v) is 3.85. The van der Waals surface area contributed by atoms with Gasteiger partial charge in [0.25, 0.3) is 0 Å². The Bertz CT molecular complexity index is 924. The van der Waals surface area contributed by atoms with Crippen molar-refractivity contribution < 1.29 is 18.4 Å². The lowest BCUT2D eigenvalue weighted by molar-refractivity contribution is 0.00578. The molecule has 0 aliphatic carbocycles. The minimum Gasteiger partial charge on any atom is -0.490 e. The van der Waals surface area contributed by atoms with Crippen molar-refractivity contribution in [2.45, 2.75) is 58.7 Å². The van der Waals surface area contributed by atoms with Crippen LogP contribution in [-0.2, 0) is 15.7 Å². The van der Waals surface area contributed by atoms with Crippen LogP contribution in [0.1, 0.15) is 46.7 Å². The minimum absolute atomic E-state index is 0.253. The smallest absolute Gasteiger partial charge is 0.490 e. The van der Waals surface area contributed by atoms with E-state index in [9.17, 15) is 4.39 Å². The highest BCUT2D eigenvalue weighted by atomic mass is 19.1. The first-order chi connectivity index (χ1) is 14.7. The van der Waals surface area contributed by atoms with Gasteiger partial charge >= 0.3 is 7.12 Å². The van der Waals surface area contributed by atoms with E-state index in [2.05, 4.69) is 21.8 Å². The van der Waals surface area contributed by atoms with Gasteiger partial charge < -0.3 is 18.9 Å². The molecule has 4 rings (SSSR count). The number of hydrogen-bond donors (Lipinski definition) is 0. The normalized spacial score (nSPS) is 22.2. The maximum atomic E-state index is 14.7. The van der Waals surface area contributed by atoms with Crippen molar-refractivity contribution in [1.82, 2.24) is 9.97 Å². The summed E-state index contributed by atoms with van der Waals surface area (Å²) in [5, 5.41) is 0. The second kappa shape index (κ2) is 8.39. The third-order valence-corrected chi connectivity index (χ3v) is 6.59. The molecule has 6 nitrogen and oxygen atoms in total. The Labute approximate surface area is 184 Å². The van der Waals surface area contributed by atoms with Crippen LogP contribution in [0.15, 0.2) is 30.5 Å². The number of benzene rings is 1. The molecule has 1 aromatic carbocycles. The van der Waals surface area contributed by atoms with Gasteiger partial charge in [-0.25, -0.2) is 14.4 Å². The number of aromatic nitrogens is 2. The number of ether oxygens (including phenoxy) is 1. The van der Waals surface area contributed by atoms with Gasteiger partial charge in [0.05, 0.1) is 17.8 Å². The van der Waals surface area contributed by atoms with Crippen LogP contribution in [0.5, 0.6) is 5.75 Å². The number of hydrogen-bond acceptors (Lipinski definition) is 6. The van der Waals surface area contributed by atoms with Crippen molar-refractivity contribution >= 4 is 18.5 Å². The van der Waals surface area contributed by atoms with E-state index in [0.29, 0.717) is 18.0 Å². The molecule has 3 heterocycles. The van der Waals surface area contributed by atoms with E-state index in [1.165, 1.54) is 6.07 Å². The zero-order valence-electron chi connectivity index (χ0n) is 19.0. The van der Waals surface area contributed by atoms with E-state index < -0.39 is 24.1 Å². The average molecular weight is 427 g/mol. The summed E-state index contributed by atoms with van der Waals surface area (Å²) in [4.78, 5) is 11.2. The van der Waals surface area contributed by atoms with E-state index in [4.69, 9.17) is 14.0 Å². The SMILES string of the molecule is CCc1ccnc(N2CC[C@H](COc3ccc(B4OC(C)(C)C(C)(C)O4)cc3F)C2)n1. The van der Waals surface area contributed by atoms with Gasteiger partial charge in [0, 0.05) is 30.9 Å². The van der Waals surface area contributed by atoms with Crippen molar-refractivity contribution in [3.05, 3.63) is 42.0 Å². The Kier molecular flexibility index (Phi) is 5.96. The summed E-state index contributed by atoms with van der Waals surface area (Å²) in [6, 6.07) is 6.86. The van der Waals surface area contributed by atoms with Crippen LogP contribution in [0.4, 0.5) is 10.3 Å². The number of nitrogens with zero attached hydrogens (tertiary/aromatic N) is 3. The maximum absolute atomic E-state index is 14.7. The maximum Gasteiger partial charge on any atom is 0.494 e. The molecule has 0 spiro atoms. The largest absolute Gasteiger partial charge is 0.494 e. The van der Waals surface area contributed by atoms with Crippen molar-refractivity contribution in [3.63, 3.8) is 0 Å². The molecule has 1 atom stereocenters. The lowest BCUT2D eigenvalue weighted by Crippen LogP contribution is -2.41. The van der Waals surface area contributed by atoms with Crippen LogP contribution in [-0.4, -0.2) is 48.0 Å². The lowest BCUT2D eigenvalue weighted by atomic mass is 9.79. The van der Waals surface area contributed by atoms with E-state index in [1.807, 2.05) is 46.0 Å². The molecule has 0 bridgehead atoms. The Hall–Kier alpha value is -2.19. The highest BCUT2D eigenvalue weighted by molar-refractivity contribution is 6.62. The molecule has 1 aromatic heterocycles. The molecular formula is C23H31BFN3O3. The summed E-state index contributed by atoms with van der Waals surface area (Å²) in [5.74, 6) is 0.917. The van der Waals surface area contributed by atoms with E-state index >= 15 is 0 Å². The quantitative estimate of drug-likeness (QED) is 0.659. The van der Waals surface area contributed by atoms with Gasteiger partial charge in [0.15, 0.2) is 11.6 Å². The number of anilines is 1. The first-order valence-electron chi connectivity index (χ1n) is 11.0. The van der Waals surface area contributed by atoms with Gasteiger partial charge in [-0.15, -0.1) is 0 Å². The second-order valence-corrected chi connectivity index (χ2v) is 9.39. The molecule has 0 radical (unpaired) electrons. The molecule has 0 saturated carbocycles. The number of aryl methyl sites for hydroxylation is 1. The minimum atomic E-state index is -0.587. The molecule has 0 N–H and O–H groups in total. The summed E-state index contributed by atoms with van der Waals surface area (Å²) < 4.78 is 32.6. The fraction of sp³-hybridized carbons (Fsp3) is 0.565. The third kappa shape index (κ3) is 4.55. The summed E-state index contributed by atoms with van der Waals surface area (Å²) >= 11 is 0. The summed E-state index contributed by atoms with van der Waals surface area (Å²) in [7, 11) is -0.587. The molecule has 8 heteroatoms. The molecule has 2 aromatic rings. The molecule has 2 fully saturated rings. The second-order valence-electron chi connectivity index (χ2n) is 9.39. The molecule has 2 saturated heterocycles. The predicted molar refractivity (Wildman–Crippen MR) is 119 cm³/mol. The van der Waals surface area contributed by atoms with Gasteiger partial charge in [0.1, 0.15) is 0 Å². The Balaban J connectivity index is 1.34. The van der Waals surface area contributed by atoms with Crippen molar-refractivity contribution in [2.75, 3.05) is 24.6 Å². The molecular weight excluding hydrogens is 396 g/mol. The molecule has 0 amide bonds. The van der Waals surface area contributed by atoms with Gasteiger partial charge in [-0.2, -0.15) is 0 Å². The first-order valence-corrected chi connectivity index (χ1v) is 11.0. The zero-order valence-corrected chi connectivity index (χ0v) is 19.0. The van der Waals surface area contributed by atoms with Crippen LogP contribution < -0.4 is 15.1 Å². The fourth-order valence-electron chi connectivity index (χ4n) is 3.85. The van der Waals surface area contributed by atoms with Crippen LogP contribution in [0.25, 0.3) is 0 Å². The highest BCUT2D eigenvalue weighted by Crippen LogP contribution is 2.36. The topological polar surface area (TPSA) is 56.7 Å². The van der Waals surface area contributed by atoms with Gasteiger partial charge in [0.2, 0.25) is 5.95 Å². The first kappa shape index (κ1) is 22.0. The molecule has 2 aliphatic heterocycles. The Morgan fingerprint density at radius 3 is 2.61 bits per heavy atom. The van der Waals surface area contributed by atoms with E-state index in [-0.39, 0.29) is 5.75 Å². The van der Waals surface area contributed by atoms with Gasteiger partial charge in [-0.1, -0.05) is 13.0 Å². The van der Waals surface area contributed by atoms with Crippen molar-refractivity contribution in [3.8, 4) is 5.75 Å². The Morgan fingerprint density at radius 2 is 1.94 bits per heavy atom. The molecule has 0 unspecified atom stereocenters. The monoisotopic (exact) mass is 427 g/mol. The average Bonchev–Trinajstić information content (AvgIpc) is 3.29. The van der Waals surface area contributed by atoms with Crippen molar-refractivity contribution in [2.24, 2.45) is 5.92 Å². The zero-order chi connectivity index (χ0) is 22.2. The molecule has 166 valence electrons. The highest BCUT2D eigenvalue weighted by Gasteiger charge is 2.51. The van der Waals surface area contributed by atoms with Crippen LogP contribution >= 0.6 is 0 Å². The predicted octanol–water partition coefficient (Wildman–Crippen LogP) is 3.38. The summed E-state index contributed by atoms with van der Waals surface area (Å²) in [5.41, 5.74) is 0.771. The number of rotatable bonds is 6. The van der Waals surface area contributed by atoms with E-state index in [0.717, 1.165) is 37.6 Å². The third-order valence-electron chi connectivity index (χ3n) is 6.59. The van der Waals surface area contributed by atoms with Crippen LogP contribution in [0, 0.1) is 11.7 Å². The number of halogens is 1. The lowest BCUT2D eigenvalue weighted by Gasteiger charge is -2.32. The summed E-state index contributed by atoms with van der Waals surface area (Å²) in [6.45, 7) is 12.1. The molecule has 31 heavy (non-hydrogen) atoms. The standard InChI is InChI=1S/C23H31BFN3O3/c1-6-18-9-11-26-21(27-18)28-12-10-16(14-28)15-29-20-8-7-17(13-19(20)25)24-30-22(2,3)23(4,5)31-24/h7-9,11,13,16H,6,10,12,14-15H2,1-5H3/t16-/m0/s1. The summed E-state index contributed by atoms with van der Waals surface area (Å²) in [6.07, 6.45) is 3.66. The van der Waals surface area contributed by atoms with Crippen LogP contribution in [0.3, 0.4) is 0 Å². The van der Waals surface area contributed by atoms with E-state index in [1.54, 1.807) is 6.07 Å². The van der Waals surface area contributed by atoms with Gasteiger partial charge in [-0.05, 0) is 64.2 Å². The van der Waals surface area contributed by atoms with Crippen molar-refractivity contribution in [1.29, 1.82) is 0 Å². The van der Waals surface area contributed by atoms with Crippen LogP contribution in [0.2, 0.25) is 0 Å².